The van der Waals surface area contributed by atoms with Gasteiger partial charge >= 0.3 is 5.97 Å². The van der Waals surface area contributed by atoms with Crippen molar-refractivity contribution < 1.29 is 18.5 Å². The van der Waals surface area contributed by atoms with Crippen LogP contribution in [0.5, 0.6) is 0 Å². The molecule has 3 nitrogen and oxygen atoms in total. The Kier molecular flexibility index (Phi) is 5.02. The fourth-order valence-electron chi connectivity index (χ4n) is 0.691. The number of hydrogen-bond acceptors (Lipinski definition) is 2. The molecular weight excluding hydrogens is 171 g/mol. The lowest BCUT2D eigenvalue weighted by molar-refractivity contribution is -0.136. The van der Waals surface area contributed by atoms with Crippen LogP contribution in [0.4, 0.5) is 4.39 Å². The van der Waals surface area contributed by atoms with Gasteiger partial charge in [0.25, 0.3) is 0 Å². The summed E-state index contributed by atoms with van der Waals surface area (Å²) < 4.78 is 22.5. The van der Waals surface area contributed by atoms with Gasteiger partial charge in [0.2, 0.25) is 0 Å². The van der Waals surface area contributed by atoms with Crippen LogP contribution in [0.25, 0.3) is 0 Å². The van der Waals surface area contributed by atoms with E-state index in [1.54, 1.807) is 6.92 Å². The molecule has 0 spiro atoms. The van der Waals surface area contributed by atoms with Crippen LogP contribution in [0, 0.1) is 0 Å². The maximum atomic E-state index is 11.6. The number of carboxylic acids is 1. The normalized spacial score (nSPS) is 15.8. The zero-order valence-corrected chi connectivity index (χ0v) is 7.07. The molecule has 0 aliphatic heterocycles. The highest BCUT2D eigenvalue weighted by Gasteiger charge is 2.21. The Balaban J connectivity index is 4.03. The minimum absolute atomic E-state index is 0.176. The first-order chi connectivity index (χ1) is 5.13. The van der Waals surface area contributed by atoms with Gasteiger partial charge in [0, 0.05) is 10.8 Å². The van der Waals surface area contributed by atoms with E-state index in [-0.39, 0.29) is 12.2 Å². The number of halogens is 1. The smallest absolute Gasteiger partial charge is 0.319 e. The Morgan fingerprint density at radius 3 is 2.55 bits per heavy atom. The van der Waals surface area contributed by atoms with Crippen molar-refractivity contribution in [2.24, 2.45) is 0 Å². The van der Waals surface area contributed by atoms with Crippen molar-refractivity contribution in [3.05, 3.63) is 0 Å². The second-order valence-corrected chi connectivity index (χ2v) is 3.75. The SMILES string of the molecule is CCC(C(=O)O)S(=O)CCF. The van der Waals surface area contributed by atoms with Crippen molar-refractivity contribution in [1.29, 1.82) is 0 Å². The molecule has 2 unspecified atom stereocenters. The molecule has 0 aromatic rings. The standard InChI is InChI=1S/C6H11FO3S/c1-2-5(6(8)9)11(10)4-3-7/h5H,2-4H2,1H3,(H,8,9). The lowest BCUT2D eigenvalue weighted by atomic mass is 10.3. The monoisotopic (exact) mass is 182 g/mol. The van der Waals surface area contributed by atoms with E-state index in [2.05, 4.69) is 0 Å². The molecular formula is C6H11FO3S. The molecule has 5 heteroatoms. The molecule has 1 N–H and O–H groups in total. The average molecular weight is 182 g/mol. The molecule has 0 rings (SSSR count). The van der Waals surface area contributed by atoms with Crippen LogP contribution in [0.3, 0.4) is 0 Å². The summed E-state index contributed by atoms with van der Waals surface area (Å²) in [6.45, 7) is 0.894. The van der Waals surface area contributed by atoms with Crippen molar-refractivity contribution in [3.8, 4) is 0 Å². The predicted molar refractivity (Wildman–Crippen MR) is 40.7 cm³/mol. The Morgan fingerprint density at radius 2 is 2.27 bits per heavy atom. The number of carbonyl (C=O) groups is 1. The second-order valence-electron chi connectivity index (χ2n) is 2.01. The summed E-state index contributed by atoms with van der Waals surface area (Å²) in [4.78, 5) is 10.3. The van der Waals surface area contributed by atoms with Gasteiger partial charge in [-0.05, 0) is 6.42 Å². The minimum atomic E-state index is -1.56. The van der Waals surface area contributed by atoms with Crippen LogP contribution in [-0.4, -0.2) is 33.0 Å². The zero-order chi connectivity index (χ0) is 8.85. The van der Waals surface area contributed by atoms with Gasteiger partial charge in [0.1, 0.15) is 11.9 Å². The van der Waals surface area contributed by atoms with Gasteiger partial charge in [-0.3, -0.25) is 13.4 Å². The van der Waals surface area contributed by atoms with Crippen LogP contribution >= 0.6 is 0 Å². The second kappa shape index (κ2) is 5.23. The average Bonchev–Trinajstić information content (AvgIpc) is 1.88. The third kappa shape index (κ3) is 3.46. The Morgan fingerprint density at radius 1 is 1.73 bits per heavy atom. The third-order valence-corrected chi connectivity index (χ3v) is 2.97. The quantitative estimate of drug-likeness (QED) is 0.676. The number of hydrogen-bond donors (Lipinski definition) is 1. The van der Waals surface area contributed by atoms with Gasteiger partial charge in [-0.1, -0.05) is 6.92 Å². The molecule has 0 bridgehead atoms. The maximum absolute atomic E-state index is 11.6. The van der Waals surface area contributed by atoms with Gasteiger partial charge in [0.05, 0.1) is 5.75 Å². The van der Waals surface area contributed by atoms with Gasteiger partial charge in [0.15, 0.2) is 0 Å². The fraction of sp³-hybridized carbons (Fsp3) is 0.833. The summed E-state index contributed by atoms with van der Waals surface area (Å²) >= 11 is 0. The number of alkyl halides is 1. The first kappa shape index (κ1) is 10.6. The topological polar surface area (TPSA) is 54.4 Å². The first-order valence-electron chi connectivity index (χ1n) is 3.29. The summed E-state index contributed by atoms with van der Waals surface area (Å²) in [5.41, 5.74) is 0. The van der Waals surface area contributed by atoms with Crippen molar-refractivity contribution in [2.75, 3.05) is 12.4 Å². The molecule has 0 saturated heterocycles. The summed E-state index contributed by atoms with van der Waals surface area (Å²) in [6, 6.07) is 0. The maximum Gasteiger partial charge on any atom is 0.319 e. The van der Waals surface area contributed by atoms with E-state index in [0.29, 0.717) is 0 Å². The number of rotatable bonds is 5. The minimum Gasteiger partial charge on any atom is -0.480 e. The van der Waals surface area contributed by atoms with Gasteiger partial charge in [-0.15, -0.1) is 0 Å². The van der Waals surface area contributed by atoms with E-state index in [1.165, 1.54) is 0 Å². The lowest BCUT2D eigenvalue weighted by Gasteiger charge is -2.06. The molecule has 2 atom stereocenters. The van der Waals surface area contributed by atoms with Crippen LogP contribution in [0.1, 0.15) is 13.3 Å². The highest BCUT2D eigenvalue weighted by molar-refractivity contribution is 7.86. The number of carboxylic acid groups (broad SMARTS) is 1. The van der Waals surface area contributed by atoms with Crippen molar-refractivity contribution in [2.45, 2.75) is 18.6 Å². The van der Waals surface area contributed by atoms with Crippen molar-refractivity contribution in [1.82, 2.24) is 0 Å². The van der Waals surface area contributed by atoms with E-state index in [4.69, 9.17) is 5.11 Å². The first-order valence-corrected chi connectivity index (χ1v) is 4.67. The molecule has 66 valence electrons. The molecule has 0 aliphatic carbocycles. The summed E-state index contributed by atoms with van der Waals surface area (Å²) in [5, 5.41) is 7.54. The van der Waals surface area contributed by atoms with Gasteiger partial charge < -0.3 is 5.11 Å². The van der Waals surface area contributed by atoms with E-state index >= 15 is 0 Å². The summed E-state index contributed by atoms with van der Waals surface area (Å²) in [7, 11) is -1.56. The highest BCUT2D eigenvalue weighted by Crippen LogP contribution is 2.02. The molecule has 0 heterocycles. The van der Waals surface area contributed by atoms with Crippen molar-refractivity contribution in [3.63, 3.8) is 0 Å². The van der Waals surface area contributed by atoms with E-state index in [1.807, 2.05) is 0 Å². The molecule has 0 aromatic carbocycles. The van der Waals surface area contributed by atoms with E-state index in [0.717, 1.165) is 0 Å². The Bertz CT molecular complexity index is 160. The molecule has 0 aromatic heterocycles. The third-order valence-electron chi connectivity index (χ3n) is 1.24. The van der Waals surface area contributed by atoms with Gasteiger partial charge in [-0.2, -0.15) is 0 Å². The Labute approximate surface area is 67.1 Å². The van der Waals surface area contributed by atoms with Crippen molar-refractivity contribution >= 4 is 16.8 Å². The molecule has 0 saturated carbocycles. The summed E-state index contributed by atoms with van der Waals surface area (Å²) in [6.07, 6.45) is 0.280. The summed E-state index contributed by atoms with van der Waals surface area (Å²) in [5.74, 6) is -1.29. The van der Waals surface area contributed by atoms with Crippen LogP contribution < -0.4 is 0 Å². The van der Waals surface area contributed by atoms with Crippen LogP contribution in [-0.2, 0) is 15.6 Å². The molecule has 0 aliphatic rings. The van der Waals surface area contributed by atoms with Crippen LogP contribution in [0.2, 0.25) is 0 Å². The fourth-order valence-corrected chi connectivity index (χ4v) is 1.72. The highest BCUT2D eigenvalue weighted by atomic mass is 32.2. The molecule has 0 radical (unpaired) electrons. The predicted octanol–water partition coefficient (Wildman–Crippen LogP) is 0.568. The number of aliphatic carboxylic acids is 1. The lowest BCUT2D eigenvalue weighted by Crippen LogP contribution is -2.26. The largest absolute Gasteiger partial charge is 0.480 e. The molecule has 0 amide bonds. The van der Waals surface area contributed by atoms with E-state index in [9.17, 15) is 13.4 Å². The Hall–Kier alpha value is -0.450. The molecule has 0 fully saturated rings. The zero-order valence-electron chi connectivity index (χ0n) is 6.25. The van der Waals surface area contributed by atoms with Crippen LogP contribution in [0.15, 0.2) is 0 Å². The van der Waals surface area contributed by atoms with Gasteiger partial charge in [-0.25, -0.2) is 0 Å². The van der Waals surface area contributed by atoms with E-state index < -0.39 is 28.7 Å². The molecule has 11 heavy (non-hydrogen) atoms.